The van der Waals surface area contributed by atoms with Crippen molar-refractivity contribution in [3.8, 4) is 11.5 Å². The quantitative estimate of drug-likeness (QED) is 0.131. The number of nitrogens with one attached hydrogen (secondary N) is 4. The molecule has 1 aliphatic rings. The molecular formula is C36H48N4O12. The van der Waals surface area contributed by atoms with Crippen LogP contribution in [-0.4, -0.2) is 83.7 Å². The minimum Gasteiger partial charge on any atom is -0.494 e. The summed E-state index contributed by atoms with van der Waals surface area (Å²) in [4.78, 5) is 74.2. The lowest BCUT2D eigenvalue weighted by Crippen LogP contribution is -2.61. The zero-order chi connectivity index (χ0) is 38.6. The van der Waals surface area contributed by atoms with E-state index in [2.05, 4.69) is 21.3 Å². The van der Waals surface area contributed by atoms with Crippen molar-refractivity contribution in [2.45, 2.75) is 65.6 Å². The number of alkyl carbamates (subject to hydrolysis) is 2. The van der Waals surface area contributed by atoms with Crippen LogP contribution in [0.4, 0.5) is 21.0 Å². The van der Waals surface area contributed by atoms with Crippen LogP contribution >= 0.6 is 0 Å². The van der Waals surface area contributed by atoms with Gasteiger partial charge in [-0.1, -0.05) is 0 Å². The molecule has 1 saturated carbocycles. The number of carboxylic acid groups (broad SMARTS) is 2. The fraction of sp³-hybridized carbons (Fsp3) is 0.500. The van der Waals surface area contributed by atoms with E-state index in [-0.39, 0.29) is 24.6 Å². The average Bonchev–Trinajstić information content (AvgIpc) is 2.99. The van der Waals surface area contributed by atoms with E-state index in [1.54, 1.807) is 65.8 Å². The monoisotopic (exact) mass is 728 g/mol. The lowest BCUT2D eigenvalue weighted by molar-refractivity contribution is -0.178. The number of benzene rings is 2. The molecule has 1 fully saturated rings. The predicted octanol–water partition coefficient (Wildman–Crippen LogP) is 4.50. The molecule has 0 aliphatic heterocycles. The number of ether oxygens (including phenoxy) is 4. The van der Waals surface area contributed by atoms with Crippen LogP contribution in [0.5, 0.6) is 11.5 Å². The summed E-state index contributed by atoms with van der Waals surface area (Å²) >= 11 is 0. The molecule has 0 spiro atoms. The average molecular weight is 729 g/mol. The van der Waals surface area contributed by atoms with E-state index >= 15 is 0 Å². The number of rotatable bonds is 16. The second-order valence-electron chi connectivity index (χ2n) is 14.1. The molecule has 4 amide bonds. The highest BCUT2D eigenvalue weighted by atomic mass is 16.6. The minimum atomic E-state index is -1.59. The Bertz CT molecular complexity index is 1440. The van der Waals surface area contributed by atoms with Gasteiger partial charge in [-0.3, -0.25) is 19.2 Å². The number of amides is 4. The molecule has 0 saturated heterocycles. The highest BCUT2D eigenvalue weighted by Crippen LogP contribution is 2.48. The first-order chi connectivity index (χ1) is 24.3. The molecular weight excluding hydrogens is 680 g/mol. The minimum absolute atomic E-state index is 0.270. The van der Waals surface area contributed by atoms with E-state index in [0.717, 1.165) is 0 Å². The molecule has 1 aliphatic carbocycles. The molecule has 0 aromatic heterocycles. The molecule has 52 heavy (non-hydrogen) atoms. The number of carboxylic acids is 2. The van der Waals surface area contributed by atoms with Crippen LogP contribution in [0.15, 0.2) is 48.5 Å². The molecule has 0 unspecified atom stereocenters. The van der Waals surface area contributed by atoms with Crippen LogP contribution in [0.2, 0.25) is 0 Å². The number of anilines is 2. The Balaban J connectivity index is 1.49. The third-order valence-electron chi connectivity index (χ3n) is 7.48. The molecule has 2 aromatic carbocycles. The molecule has 16 nitrogen and oxygen atoms in total. The maximum atomic E-state index is 13.2. The summed E-state index contributed by atoms with van der Waals surface area (Å²) in [5, 5.41) is 30.2. The number of hydrogen-bond acceptors (Lipinski definition) is 10. The van der Waals surface area contributed by atoms with Gasteiger partial charge >= 0.3 is 24.1 Å². The number of carbonyl (C=O) groups excluding carboxylic acids is 4. The zero-order valence-corrected chi connectivity index (χ0v) is 30.1. The van der Waals surface area contributed by atoms with Crippen molar-refractivity contribution < 1.29 is 57.9 Å². The number of aliphatic carboxylic acids is 2. The topological polar surface area (TPSA) is 228 Å². The molecule has 0 atom stereocenters. The highest BCUT2D eigenvalue weighted by molar-refractivity contribution is 6.06. The zero-order valence-electron chi connectivity index (χ0n) is 30.1. The summed E-state index contributed by atoms with van der Waals surface area (Å²) in [6.45, 7) is 11.8. The van der Waals surface area contributed by atoms with Gasteiger partial charge in [0.25, 0.3) is 0 Å². The van der Waals surface area contributed by atoms with Crippen LogP contribution in [0.25, 0.3) is 0 Å². The van der Waals surface area contributed by atoms with E-state index in [1.807, 2.05) is 0 Å². The molecule has 0 bridgehead atoms. The Morgan fingerprint density at radius 1 is 0.558 bits per heavy atom. The van der Waals surface area contributed by atoms with Gasteiger partial charge in [0, 0.05) is 24.5 Å². The second-order valence-corrected chi connectivity index (χ2v) is 14.1. The van der Waals surface area contributed by atoms with Crippen molar-refractivity contribution in [2.75, 3.05) is 36.9 Å². The Morgan fingerprint density at radius 2 is 0.885 bits per heavy atom. The van der Waals surface area contributed by atoms with E-state index in [4.69, 9.17) is 18.9 Å². The third kappa shape index (κ3) is 13.0. The second kappa shape index (κ2) is 18.1. The molecule has 2 aromatic rings. The van der Waals surface area contributed by atoms with Gasteiger partial charge in [-0.15, -0.1) is 0 Å². The van der Waals surface area contributed by atoms with E-state index < -0.39 is 70.8 Å². The standard InChI is InChI=1S/C36H48N4O12/c1-35(2,3)51-33(47)37-17-7-19-49-23-13-9-21(10-14-23)39-29(41)25-27(31(43)44)26(28(25)32(45)46)30(42)40-22-11-15-24(16-12-22)50-20-8-18-38-34(48)52-36(4,5)6/h9-16,25-28H,7-8,17-20H2,1-6H3,(H,37,47)(H,38,48)(H,39,41)(H,40,42)(H,43,44)(H,45,46). The predicted molar refractivity (Wildman–Crippen MR) is 188 cm³/mol. The van der Waals surface area contributed by atoms with E-state index in [1.165, 1.54) is 24.3 Å². The lowest BCUT2D eigenvalue weighted by Gasteiger charge is -2.45. The molecule has 16 heteroatoms. The van der Waals surface area contributed by atoms with Gasteiger partial charge in [0.2, 0.25) is 11.8 Å². The molecule has 6 N–H and O–H groups in total. The fourth-order valence-corrected chi connectivity index (χ4v) is 5.27. The normalized spacial score (nSPS) is 18.1. The maximum Gasteiger partial charge on any atom is 0.407 e. The van der Waals surface area contributed by atoms with Gasteiger partial charge in [0.15, 0.2) is 0 Å². The Labute approximate surface area is 301 Å². The molecule has 3 rings (SSSR count). The summed E-state index contributed by atoms with van der Waals surface area (Å²) in [6, 6.07) is 12.3. The Kier molecular flexibility index (Phi) is 14.2. The third-order valence-corrected chi connectivity index (χ3v) is 7.48. The summed E-state index contributed by atoms with van der Waals surface area (Å²) in [6.07, 6.45) is -0.0607. The number of carbonyl (C=O) groups is 6. The van der Waals surface area contributed by atoms with E-state index in [9.17, 15) is 39.0 Å². The number of hydrogen-bond donors (Lipinski definition) is 6. The fourth-order valence-electron chi connectivity index (χ4n) is 5.27. The first-order valence-corrected chi connectivity index (χ1v) is 16.8. The van der Waals surface area contributed by atoms with Gasteiger partial charge in [0.1, 0.15) is 22.7 Å². The Hall–Kier alpha value is -5.54. The van der Waals surface area contributed by atoms with Crippen LogP contribution in [0.3, 0.4) is 0 Å². The summed E-state index contributed by atoms with van der Waals surface area (Å²) < 4.78 is 21.6. The lowest BCUT2D eigenvalue weighted by atomic mass is 9.55. The summed E-state index contributed by atoms with van der Waals surface area (Å²) in [7, 11) is 0. The van der Waals surface area contributed by atoms with Crippen molar-refractivity contribution in [1.82, 2.24) is 10.6 Å². The molecule has 284 valence electrons. The van der Waals surface area contributed by atoms with Gasteiger partial charge < -0.3 is 50.4 Å². The summed E-state index contributed by atoms with van der Waals surface area (Å²) in [5.41, 5.74) is -0.665. The van der Waals surface area contributed by atoms with Gasteiger partial charge in [0.05, 0.1) is 36.9 Å². The van der Waals surface area contributed by atoms with Crippen LogP contribution in [0, 0.1) is 23.7 Å². The van der Waals surface area contributed by atoms with Crippen LogP contribution in [0.1, 0.15) is 54.4 Å². The Morgan fingerprint density at radius 3 is 1.17 bits per heavy atom. The van der Waals surface area contributed by atoms with Crippen LogP contribution < -0.4 is 30.7 Å². The molecule has 0 radical (unpaired) electrons. The van der Waals surface area contributed by atoms with Crippen LogP contribution in [-0.2, 0) is 28.7 Å². The first kappa shape index (κ1) is 40.9. The highest BCUT2D eigenvalue weighted by Gasteiger charge is 2.63. The first-order valence-electron chi connectivity index (χ1n) is 16.8. The van der Waals surface area contributed by atoms with Crippen molar-refractivity contribution in [2.24, 2.45) is 23.7 Å². The van der Waals surface area contributed by atoms with Gasteiger partial charge in [-0.05, 0) is 103 Å². The van der Waals surface area contributed by atoms with Crippen molar-refractivity contribution in [1.29, 1.82) is 0 Å². The largest absolute Gasteiger partial charge is 0.494 e. The molecule has 0 heterocycles. The van der Waals surface area contributed by atoms with Crippen molar-refractivity contribution in [3.05, 3.63) is 48.5 Å². The van der Waals surface area contributed by atoms with E-state index in [0.29, 0.717) is 37.4 Å². The SMILES string of the molecule is CC(C)(C)OC(=O)NCCCOc1ccc(NC(=O)C2C(C(=O)O)C(C(=O)Nc3ccc(OCCCNC(=O)OC(C)(C)C)cc3)C2C(=O)O)cc1. The maximum absolute atomic E-state index is 13.2. The summed E-state index contributed by atoms with van der Waals surface area (Å²) in [5.74, 6) is -9.93. The van der Waals surface area contributed by atoms with Gasteiger partial charge in [-0.25, -0.2) is 9.59 Å². The van der Waals surface area contributed by atoms with Crippen molar-refractivity contribution >= 4 is 47.3 Å². The van der Waals surface area contributed by atoms with Crippen molar-refractivity contribution in [3.63, 3.8) is 0 Å². The smallest absolute Gasteiger partial charge is 0.407 e. The van der Waals surface area contributed by atoms with Gasteiger partial charge in [-0.2, -0.15) is 0 Å².